The summed E-state index contributed by atoms with van der Waals surface area (Å²) < 4.78 is 11.3. The fourth-order valence-corrected chi connectivity index (χ4v) is 2.99. The van der Waals surface area contributed by atoms with Gasteiger partial charge in [-0.25, -0.2) is 4.79 Å². The highest BCUT2D eigenvalue weighted by Crippen LogP contribution is 2.31. The second-order valence-corrected chi connectivity index (χ2v) is 7.25. The van der Waals surface area contributed by atoms with Crippen LogP contribution in [0, 0.1) is 0 Å². The van der Waals surface area contributed by atoms with Crippen LogP contribution in [0.4, 0.5) is 4.79 Å². The molecule has 22 heavy (non-hydrogen) atoms. The number of hydrogen-bond donors (Lipinski definition) is 0. The van der Waals surface area contributed by atoms with Crippen LogP contribution in [0.15, 0.2) is 0 Å². The molecule has 0 aromatic carbocycles. The number of piperidine rings is 1. The van der Waals surface area contributed by atoms with Gasteiger partial charge in [0.25, 0.3) is 0 Å². The van der Waals surface area contributed by atoms with E-state index in [0.29, 0.717) is 19.6 Å². The minimum absolute atomic E-state index is 0.0713. The Hall–Kier alpha value is -1.30. The van der Waals surface area contributed by atoms with Crippen LogP contribution >= 0.6 is 0 Å². The van der Waals surface area contributed by atoms with Crippen LogP contribution in [0.5, 0.6) is 0 Å². The Labute approximate surface area is 132 Å². The van der Waals surface area contributed by atoms with Crippen molar-refractivity contribution in [3.63, 3.8) is 0 Å². The van der Waals surface area contributed by atoms with Crippen molar-refractivity contribution < 1.29 is 19.1 Å². The molecule has 0 N–H and O–H groups in total. The highest BCUT2D eigenvalue weighted by Gasteiger charge is 2.43. The fourth-order valence-electron chi connectivity index (χ4n) is 2.99. The molecule has 2 heterocycles. The number of hydrogen-bond acceptors (Lipinski definition) is 4. The van der Waals surface area contributed by atoms with E-state index in [4.69, 9.17) is 9.47 Å². The minimum Gasteiger partial charge on any atom is -0.444 e. The van der Waals surface area contributed by atoms with Gasteiger partial charge in [-0.1, -0.05) is 6.92 Å². The Balaban J connectivity index is 1.91. The van der Waals surface area contributed by atoms with Crippen molar-refractivity contribution in [2.45, 2.75) is 58.2 Å². The van der Waals surface area contributed by atoms with Gasteiger partial charge in [0.15, 0.2) is 0 Å². The summed E-state index contributed by atoms with van der Waals surface area (Å²) in [5, 5.41) is 0. The molecule has 0 bridgehead atoms. The summed E-state index contributed by atoms with van der Waals surface area (Å²) in [6.45, 7) is 10.5. The molecule has 0 aliphatic carbocycles. The maximum atomic E-state index is 12.1. The quantitative estimate of drug-likeness (QED) is 0.783. The van der Waals surface area contributed by atoms with Gasteiger partial charge in [-0.3, -0.25) is 4.79 Å². The van der Waals surface area contributed by atoms with Gasteiger partial charge in [-0.2, -0.15) is 0 Å². The molecule has 2 aliphatic rings. The van der Waals surface area contributed by atoms with Crippen molar-refractivity contribution in [3.8, 4) is 0 Å². The number of amides is 2. The molecule has 6 nitrogen and oxygen atoms in total. The average molecular weight is 312 g/mol. The smallest absolute Gasteiger partial charge is 0.410 e. The van der Waals surface area contributed by atoms with E-state index in [-0.39, 0.29) is 24.2 Å². The molecule has 2 fully saturated rings. The lowest BCUT2D eigenvalue weighted by Gasteiger charge is -2.46. The summed E-state index contributed by atoms with van der Waals surface area (Å²) in [5.41, 5.74) is -0.764. The molecule has 126 valence electrons. The van der Waals surface area contributed by atoms with E-state index < -0.39 is 5.60 Å². The summed E-state index contributed by atoms with van der Waals surface area (Å²) in [6, 6.07) is 0. The van der Waals surface area contributed by atoms with Gasteiger partial charge in [0.05, 0.1) is 5.60 Å². The SMILES string of the molecule is CCCN1CC2(CCN(C(=O)OC(C)(C)C)CC2)OCC1=O. The molecule has 1 spiro atoms. The second-order valence-electron chi connectivity index (χ2n) is 7.25. The Morgan fingerprint density at radius 1 is 1.32 bits per heavy atom. The number of carbonyl (C=O) groups excluding carboxylic acids is 2. The Bertz CT molecular complexity index is 422. The molecule has 2 saturated heterocycles. The zero-order chi connectivity index (χ0) is 16.4. The third-order valence-corrected chi connectivity index (χ3v) is 4.15. The number of carbonyl (C=O) groups is 2. The van der Waals surface area contributed by atoms with Crippen molar-refractivity contribution in [1.82, 2.24) is 9.80 Å². The van der Waals surface area contributed by atoms with Gasteiger partial charge in [0.2, 0.25) is 5.91 Å². The highest BCUT2D eigenvalue weighted by atomic mass is 16.6. The predicted octanol–water partition coefficient (Wildman–Crippen LogP) is 2.02. The van der Waals surface area contributed by atoms with Crippen molar-refractivity contribution >= 4 is 12.0 Å². The fraction of sp³-hybridized carbons (Fsp3) is 0.875. The van der Waals surface area contributed by atoms with E-state index in [0.717, 1.165) is 25.8 Å². The van der Waals surface area contributed by atoms with Crippen LogP contribution in [0.25, 0.3) is 0 Å². The molecule has 2 rings (SSSR count). The lowest BCUT2D eigenvalue weighted by Crippen LogP contribution is -2.59. The van der Waals surface area contributed by atoms with E-state index in [1.807, 2.05) is 25.7 Å². The minimum atomic E-state index is -0.474. The number of morpholine rings is 1. The van der Waals surface area contributed by atoms with Crippen LogP contribution in [-0.4, -0.2) is 65.8 Å². The Kier molecular flexibility index (Phi) is 5.00. The van der Waals surface area contributed by atoms with Crippen molar-refractivity contribution in [3.05, 3.63) is 0 Å². The van der Waals surface area contributed by atoms with E-state index in [9.17, 15) is 9.59 Å². The van der Waals surface area contributed by atoms with Gasteiger partial charge >= 0.3 is 6.09 Å². The third-order valence-electron chi connectivity index (χ3n) is 4.15. The van der Waals surface area contributed by atoms with Gasteiger partial charge in [0.1, 0.15) is 12.2 Å². The zero-order valence-corrected chi connectivity index (χ0v) is 14.2. The predicted molar refractivity (Wildman–Crippen MR) is 82.6 cm³/mol. The summed E-state index contributed by atoms with van der Waals surface area (Å²) in [5.74, 6) is 0.0713. The standard InChI is InChI=1S/C16H28N2O4/c1-5-8-18-12-16(21-11-13(18)19)6-9-17(10-7-16)14(20)22-15(2,3)4/h5-12H2,1-4H3. The molecule has 0 aromatic heterocycles. The summed E-state index contributed by atoms with van der Waals surface area (Å²) in [4.78, 5) is 27.6. The topological polar surface area (TPSA) is 59.1 Å². The first-order chi connectivity index (χ1) is 10.2. The number of ether oxygens (including phenoxy) is 2. The molecule has 0 saturated carbocycles. The molecule has 0 unspecified atom stereocenters. The summed E-state index contributed by atoms with van der Waals surface area (Å²) in [7, 11) is 0. The van der Waals surface area contributed by atoms with E-state index in [1.54, 1.807) is 4.90 Å². The first-order valence-electron chi connectivity index (χ1n) is 8.14. The van der Waals surface area contributed by atoms with Gasteiger partial charge in [-0.15, -0.1) is 0 Å². The van der Waals surface area contributed by atoms with E-state index in [2.05, 4.69) is 6.92 Å². The lowest BCUT2D eigenvalue weighted by atomic mass is 9.89. The van der Waals surface area contributed by atoms with Gasteiger partial charge in [0, 0.05) is 26.2 Å². The van der Waals surface area contributed by atoms with Crippen LogP contribution in [0.1, 0.15) is 47.0 Å². The normalized spacial score (nSPS) is 22.1. The molecule has 0 aromatic rings. The number of likely N-dealkylation sites (tertiary alicyclic amines) is 1. The van der Waals surface area contributed by atoms with Crippen molar-refractivity contribution in [1.29, 1.82) is 0 Å². The molecule has 0 atom stereocenters. The first kappa shape index (κ1) is 17.1. The molecule has 2 amide bonds. The molecular formula is C16H28N2O4. The summed E-state index contributed by atoms with van der Waals surface area (Å²) >= 11 is 0. The summed E-state index contributed by atoms with van der Waals surface area (Å²) in [6.07, 6.45) is 2.19. The van der Waals surface area contributed by atoms with Gasteiger partial charge in [-0.05, 0) is 40.0 Å². The monoisotopic (exact) mass is 312 g/mol. The molecule has 0 radical (unpaired) electrons. The second kappa shape index (κ2) is 6.44. The van der Waals surface area contributed by atoms with Crippen LogP contribution < -0.4 is 0 Å². The third kappa shape index (κ3) is 4.12. The number of rotatable bonds is 2. The number of nitrogens with zero attached hydrogens (tertiary/aromatic N) is 2. The highest BCUT2D eigenvalue weighted by molar-refractivity contribution is 5.78. The largest absolute Gasteiger partial charge is 0.444 e. The van der Waals surface area contributed by atoms with Crippen LogP contribution in [0.3, 0.4) is 0 Å². The maximum Gasteiger partial charge on any atom is 0.410 e. The molecular weight excluding hydrogens is 284 g/mol. The van der Waals surface area contributed by atoms with E-state index >= 15 is 0 Å². The Morgan fingerprint density at radius 3 is 2.50 bits per heavy atom. The Morgan fingerprint density at radius 2 is 1.95 bits per heavy atom. The van der Waals surface area contributed by atoms with Gasteiger partial charge < -0.3 is 19.3 Å². The lowest BCUT2D eigenvalue weighted by molar-refractivity contribution is -0.171. The van der Waals surface area contributed by atoms with Crippen LogP contribution in [-0.2, 0) is 14.3 Å². The first-order valence-corrected chi connectivity index (χ1v) is 8.14. The average Bonchev–Trinajstić information content (AvgIpc) is 2.42. The van der Waals surface area contributed by atoms with Crippen molar-refractivity contribution in [2.75, 3.05) is 32.8 Å². The van der Waals surface area contributed by atoms with E-state index in [1.165, 1.54) is 0 Å². The molecule has 2 aliphatic heterocycles. The van der Waals surface area contributed by atoms with Crippen LogP contribution in [0.2, 0.25) is 0 Å². The zero-order valence-electron chi connectivity index (χ0n) is 14.2. The van der Waals surface area contributed by atoms with Crippen molar-refractivity contribution in [2.24, 2.45) is 0 Å². The maximum absolute atomic E-state index is 12.1. The molecule has 6 heteroatoms.